The topological polar surface area (TPSA) is 78.7 Å². The summed E-state index contributed by atoms with van der Waals surface area (Å²) in [5.74, 6) is -0.966. The third-order valence-electron chi connectivity index (χ3n) is 3.04. The molecule has 0 radical (unpaired) electrons. The van der Waals surface area contributed by atoms with Crippen LogP contribution in [0.3, 0.4) is 0 Å². The lowest BCUT2D eigenvalue weighted by Gasteiger charge is -2.04. The molecule has 8 heteroatoms. The van der Waals surface area contributed by atoms with Crippen LogP contribution >= 0.6 is 0 Å². The lowest BCUT2D eigenvalue weighted by atomic mass is 10.2. The number of ether oxygens (including phenoxy) is 2. The lowest BCUT2D eigenvalue weighted by Crippen LogP contribution is -2.06. The molecule has 0 bridgehead atoms. The van der Waals surface area contributed by atoms with Gasteiger partial charge in [0.2, 0.25) is 5.75 Å². The van der Waals surface area contributed by atoms with E-state index >= 15 is 0 Å². The number of hydrogen-bond donors (Lipinski definition) is 0. The third kappa shape index (κ3) is 5.38. The van der Waals surface area contributed by atoms with E-state index in [0.29, 0.717) is 11.1 Å². The molecule has 25 heavy (non-hydrogen) atoms. The molecule has 0 aliphatic rings. The van der Waals surface area contributed by atoms with Crippen molar-refractivity contribution >= 4 is 17.7 Å². The van der Waals surface area contributed by atoms with E-state index in [1.165, 1.54) is 48.5 Å². The first kappa shape index (κ1) is 18.1. The van der Waals surface area contributed by atoms with Gasteiger partial charge in [-0.3, -0.25) is 10.1 Å². The summed E-state index contributed by atoms with van der Waals surface area (Å²) in [7, 11) is 0. The molecule has 2 aromatic carbocycles. The Kier molecular flexibility index (Phi) is 5.78. The molecule has 0 N–H and O–H groups in total. The number of nitrogens with zero attached hydrogens (tertiary/aromatic N) is 1. The summed E-state index contributed by atoms with van der Waals surface area (Å²) in [6.07, 6.45) is 2.46. The van der Waals surface area contributed by atoms with Gasteiger partial charge in [0.15, 0.2) is 0 Å². The van der Waals surface area contributed by atoms with E-state index in [1.54, 1.807) is 6.92 Å². The minimum Gasteiger partial charge on any atom is -0.435 e. The standard InChI is InChI=1S/C17H13F2NO5/c1-11-2-8-14(20(22)23)15(10-11)25-16(21)9-5-12-3-6-13(7-4-12)24-17(18)19/h2-10,17H,1H3/b9-5+. The Balaban J connectivity index is 2.06. The second kappa shape index (κ2) is 8.00. The van der Waals surface area contributed by atoms with Crippen molar-refractivity contribution < 1.29 is 28.0 Å². The zero-order chi connectivity index (χ0) is 18.4. The Bertz CT molecular complexity index is 803. The quantitative estimate of drug-likeness (QED) is 0.258. The minimum absolute atomic E-state index is 0.00916. The Morgan fingerprint density at radius 2 is 1.88 bits per heavy atom. The number of hydrogen-bond acceptors (Lipinski definition) is 5. The average Bonchev–Trinajstić information content (AvgIpc) is 2.53. The van der Waals surface area contributed by atoms with E-state index in [-0.39, 0.29) is 17.2 Å². The molecule has 130 valence electrons. The van der Waals surface area contributed by atoms with Crippen molar-refractivity contribution in [2.24, 2.45) is 0 Å². The van der Waals surface area contributed by atoms with Gasteiger partial charge in [0.1, 0.15) is 5.75 Å². The monoisotopic (exact) mass is 349 g/mol. The molecular weight excluding hydrogens is 336 g/mol. The largest absolute Gasteiger partial charge is 0.435 e. The van der Waals surface area contributed by atoms with Crippen LogP contribution < -0.4 is 9.47 Å². The summed E-state index contributed by atoms with van der Waals surface area (Å²) < 4.78 is 33.3. The maximum absolute atomic E-state index is 12.1. The molecule has 6 nitrogen and oxygen atoms in total. The molecule has 0 fully saturated rings. The third-order valence-corrected chi connectivity index (χ3v) is 3.04. The maximum Gasteiger partial charge on any atom is 0.387 e. The van der Waals surface area contributed by atoms with Crippen LogP contribution in [-0.4, -0.2) is 17.5 Å². The van der Waals surface area contributed by atoms with Crippen molar-refractivity contribution in [2.75, 3.05) is 0 Å². The molecule has 2 rings (SSSR count). The highest BCUT2D eigenvalue weighted by molar-refractivity contribution is 5.89. The summed E-state index contributed by atoms with van der Waals surface area (Å²) >= 11 is 0. The van der Waals surface area contributed by atoms with Crippen molar-refractivity contribution in [3.05, 3.63) is 69.8 Å². The van der Waals surface area contributed by atoms with Gasteiger partial charge in [-0.05, 0) is 42.3 Å². The first-order chi connectivity index (χ1) is 11.8. The number of aryl methyl sites for hydroxylation is 1. The summed E-state index contributed by atoms with van der Waals surface area (Å²) in [6, 6.07) is 9.76. The summed E-state index contributed by atoms with van der Waals surface area (Å²) in [5.41, 5.74) is 0.921. The van der Waals surface area contributed by atoms with Crippen LogP contribution in [0.4, 0.5) is 14.5 Å². The molecule has 0 amide bonds. The molecular formula is C17H13F2NO5. The zero-order valence-electron chi connectivity index (χ0n) is 13.0. The predicted octanol–water partition coefficient (Wildman–Crippen LogP) is 4.12. The zero-order valence-corrected chi connectivity index (χ0v) is 13.0. The second-order valence-corrected chi connectivity index (χ2v) is 4.93. The highest BCUT2D eigenvalue weighted by atomic mass is 19.3. The fourth-order valence-corrected chi connectivity index (χ4v) is 1.92. The van der Waals surface area contributed by atoms with Gasteiger partial charge in [-0.2, -0.15) is 8.78 Å². The molecule has 0 saturated heterocycles. The molecule has 0 unspecified atom stereocenters. The first-order valence-corrected chi connectivity index (χ1v) is 7.05. The maximum atomic E-state index is 12.1. The number of alkyl halides is 2. The number of rotatable bonds is 6. The number of nitro benzene ring substituents is 1. The van der Waals surface area contributed by atoms with Crippen LogP contribution in [0, 0.1) is 17.0 Å². The van der Waals surface area contributed by atoms with Gasteiger partial charge in [0, 0.05) is 12.1 Å². The van der Waals surface area contributed by atoms with Crippen LogP contribution in [0.5, 0.6) is 11.5 Å². The van der Waals surface area contributed by atoms with E-state index in [2.05, 4.69) is 4.74 Å². The average molecular weight is 349 g/mol. The molecule has 0 aliphatic heterocycles. The van der Waals surface area contributed by atoms with Crippen molar-refractivity contribution in [3.63, 3.8) is 0 Å². The van der Waals surface area contributed by atoms with Crippen LogP contribution in [-0.2, 0) is 4.79 Å². The summed E-state index contributed by atoms with van der Waals surface area (Å²) in [4.78, 5) is 22.1. The van der Waals surface area contributed by atoms with Crippen molar-refractivity contribution in [1.82, 2.24) is 0 Å². The minimum atomic E-state index is -2.92. The Morgan fingerprint density at radius 1 is 1.20 bits per heavy atom. The Morgan fingerprint density at radius 3 is 2.48 bits per heavy atom. The molecule has 0 heterocycles. The van der Waals surface area contributed by atoms with E-state index in [0.717, 1.165) is 6.08 Å². The normalized spacial score (nSPS) is 10.9. The predicted molar refractivity (Wildman–Crippen MR) is 85.6 cm³/mol. The van der Waals surface area contributed by atoms with Gasteiger partial charge in [-0.1, -0.05) is 18.2 Å². The molecule has 0 aromatic heterocycles. The summed E-state index contributed by atoms with van der Waals surface area (Å²) in [6.45, 7) is -1.21. The van der Waals surface area contributed by atoms with Crippen molar-refractivity contribution in [1.29, 1.82) is 0 Å². The van der Waals surface area contributed by atoms with Crippen LogP contribution in [0.25, 0.3) is 6.08 Å². The van der Waals surface area contributed by atoms with Gasteiger partial charge in [-0.15, -0.1) is 0 Å². The van der Waals surface area contributed by atoms with E-state index in [9.17, 15) is 23.7 Å². The van der Waals surface area contributed by atoms with Crippen molar-refractivity contribution in [2.45, 2.75) is 13.5 Å². The van der Waals surface area contributed by atoms with Crippen LogP contribution in [0.2, 0.25) is 0 Å². The fraction of sp³-hybridized carbons (Fsp3) is 0.118. The van der Waals surface area contributed by atoms with Gasteiger partial charge in [0.05, 0.1) is 4.92 Å². The molecule has 0 spiro atoms. The Labute approximate surface area is 141 Å². The van der Waals surface area contributed by atoms with E-state index in [1.807, 2.05) is 0 Å². The van der Waals surface area contributed by atoms with Gasteiger partial charge >= 0.3 is 18.3 Å². The number of carbonyl (C=O) groups excluding carboxylic acids is 1. The highest BCUT2D eigenvalue weighted by Gasteiger charge is 2.17. The first-order valence-electron chi connectivity index (χ1n) is 7.05. The SMILES string of the molecule is Cc1ccc([N+](=O)[O-])c(OC(=O)/C=C/c2ccc(OC(F)F)cc2)c1. The molecule has 2 aromatic rings. The van der Waals surface area contributed by atoms with Gasteiger partial charge < -0.3 is 9.47 Å². The van der Waals surface area contributed by atoms with Crippen LogP contribution in [0.15, 0.2) is 48.5 Å². The Hall–Kier alpha value is -3.29. The molecule has 0 atom stereocenters. The molecule has 0 aliphatic carbocycles. The van der Waals surface area contributed by atoms with Gasteiger partial charge in [0.25, 0.3) is 0 Å². The number of carbonyl (C=O) groups is 1. The van der Waals surface area contributed by atoms with Gasteiger partial charge in [-0.25, -0.2) is 4.79 Å². The smallest absolute Gasteiger partial charge is 0.387 e. The van der Waals surface area contributed by atoms with E-state index in [4.69, 9.17) is 4.74 Å². The number of benzene rings is 2. The summed E-state index contributed by atoms with van der Waals surface area (Å²) in [5, 5.41) is 10.9. The highest BCUT2D eigenvalue weighted by Crippen LogP contribution is 2.28. The fourth-order valence-electron chi connectivity index (χ4n) is 1.92. The second-order valence-electron chi connectivity index (χ2n) is 4.93. The number of nitro groups is 1. The van der Waals surface area contributed by atoms with Crippen LogP contribution in [0.1, 0.15) is 11.1 Å². The molecule has 0 saturated carbocycles. The number of esters is 1. The van der Waals surface area contributed by atoms with Crippen molar-refractivity contribution in [3.8, 4) is 11.5 Å². The van der Waals surface area contributed by atoms with E-state index < -0.39 is 17.5 Å². The lowest BCUT2D eigenvalue weighted by molar-refractivity contribution is -0.385. The number of halogens is 2.